The Bertz CT molecular complexity index is 201. The average Bonchev–Trinajstić information content (AvgIpc) is 2.13. The quantitative estimate of drug-likeness (QED) is 0.286. The normalized spacial score (nSPS) is 5.91. The molecule has 0 bridgehead atoms. The minimum atomic E-state index is -1.08. The molecule has 4 N–H and O–H groups in total. The zero-order valence-electron chi connectivity index (χ0n) is 12.6. The van der Waals surface area contributed by atoms with Gasteiger partial charge in [-0.25, -0.2) is 0 Å². The SMILES string of the molecule is CC(=O)[O-].CC(=O)[O-].CC(=O)[O-].CC(=O)[O-].NCCN.[Cu+2].[Pb+2]. The van der Waals surface area contributed by atoms with Crippen molar-refractivity contribution in [3.05, 3.63) is 0 Å². The number of rotatable bonds is 1. The van der Waals surface area contributed by atoms with Crippen LogP contribution < -0.4 is 31.9 Å². The van der Waals surface area contributed by atoms with Crippen LogP contribution in [0.4, 0.5) is 0 Å². The van der Waals surface area contributed by atoms with Gasteiger partial charge in [-0.05, 0) is 27.7 Å². The third kappa shape index (κ3) is 110000. The van der Waals surface area contributed by atoms with Crippen molar-refractivity contribution >= 4 is 51.2 Å². The standard InChI is InChI=1S/C2H8N2.4C2H4O2.Cu.Pb/c3-1-2-4;4*1-2(3)4;;/h1-4H2;4*1H3,(H,3,4);;/q;;;;;2*+2/p-4. The van der Waals surface area contributed by atoms with Gasteiger partial charge in [-0.3, -0.25) is 0 Å². The smallest absolute Gasteiger partial charge is 0.550 e. The van der Waals surface area contributed by atoms with Gasteiger partial charge in [-0.15, -0.1) is 0 Å². The maximum Gasteiger partial charge on any atom is 2.00 e. The molecule has 0 aliphatic carbocycles. The Morgan fingerprint density at radius 3 is 0.682 bits per heavy atom. The van der Waals surface area contributed by atoms with Crippen LogP contribution in [0.25, 0.3) is 0 Å². The Labute approximate surface area is 159 Å². The predicted molar refractivity (Wildman–Crippen MR) is 66.6 cm³/mol. The molecule has 0 aromatic carbocycles. The molecule has 0 saturated carbocycles. The maximum absolute atomic E-state index is 8.89. The topological polar surface area (TPSA) is 213 Å². The molecular weight excluding hydrogens is 547 g/mol. The molecule has 133 valence electrons. The molecule has 0 atom stereocenters. The van der Waals surface area contributed by atoms with E-state index in [2.05, 4.69) is 0 Å². The summed E-state index contributed by atoms with van der Waals surface area (Å²) in [7, 11) is 0. The number of carbonyl (C=O) groups excluding carboxylic acids is 4. The largest absolute Gasteiger partial charge is 2.00 e. The molecule has 10 nitrogen and oxygen atoms in total. The number of hydrogen-bond donors (Lipinski definition) is 2. The van der Waals surface area contributed by atoms with Gasteiger partial charge in [0.05, 0.1) is 0 Å². The van der Waals surface area contributed by atoms with E-state index in [1.807, 2.05) is 0 Å². The number of nitrogens with two attached hydrogens (primary N) is 2. The first kappa shape index (κ1) is 42.9. The van der Waals surface area contributed by atoms with Gasteiger partial charge in [0.25, 0.3) is 0 Å². The number of aliphatic carboxylic acids is 4. The van der Waals surface area contributed by atoms with Crippen LogP contribution in [-0.4, -0.2) is 64.3 Å². The Balaban J connectivity index is -0.0000000250. The molecule has 0 amide bonds. The molecule has 0 saturated heterocycles. The molecule has 0 rings (SSSR count). The summed E-state index contributed by atoms with van der Waals surface area (Å²) in [4.78, 5) is 35.6. The van der Waals surface area contributed by atoms with Gasteiger partial charge in [-0.2, -0.15) is 0 Å². The van der Waals surface area contributed by atoms with Crippen molar-refractivity contribution < 1.29 is 56.7 Å². The summed E-state index contributed by atoms with van der Waals surface area (Å²) in [5, 5.41) is 35.6. The van der Waals surface area contributed by atoms with Crippen molar-refractivity contribution in [2.45, 2.75) is 27.7 Å². The van der Waals surface area contributed by atoms with Crippen LogP contribution in [0, 0.1) is 0 Å². The van der Waals surface area contributed by atoms with Crippen molar-refractivity contribution in [2.24, 2.45) is 11.5 Å². The Morgan fingerprint density at radius 2 is 0.682 bits per heavy atom. The number of carboxylic acids is 4. The van der Waals surface area contributed by atoms with Crippen LogP contribution in [0.1, 0.15) is 27.7 Å². The average molecular weight is 567 g/mol. The van der Waals surface area contributed by atoms with E-state index >= 15 is 0 Å². The number of hydrogen-bond acceptors (Lipinski definition) is 10. The van der Waals surface area contributed by atoms with Crippen molar-refractivity contribution in [3.8, 4) is 0 Å². The Hall–Kier alpha value is -0.758. The van der Waals surface area contributed by atoms with Crippen molar-refractivity contribution in [2.75, 3.05) is 13.1 Å². The molecule has 0 fully saturated rings. The summed E-state index contributed by atoms with van der Waals surface area (Å²) in [5.41, 5.74) is 9.81. The van der Waals surface area contributed by atoms with E-state index < -0.39 is 23.9 Å². The van der Waals surface area contributed by atoms with Crippen LogP contribution >= 0.6 is 0 Å². The Morgan fingerprint density at radius 1 is 0.636 bits per heavy atom. The molecule has 22 heavy (non-hydrogen) atoms. The summed E-state index contributed by atoms with van der Waals surface area (Å²) in [5.74, 6) is -4.33. The molecule has 3 radical (unpaired) electrons. The zero-order chi connectivity index (χ0) is 17.7. The Kier molecular flexibility index (Phi) is 83.4. The monoisotopic (exact) mass is 567 g/mol. The zero-order valence-corrected chi connectivity index (χ0v) is 17.5. The molecule has 0 aromatic heterocycles. The van der Waals surface area contributed by atoms with Gasteiger partial charge in [0.15, 0.2) is 0 Å². The van der Waals surface area contributed by atoms with Crippen molar-refractivity contribution in [1.82, 2.24) is 0 Å². The van der Waals surface area contributed by atoms with E-state index in [0.29, 0.717) is 13.1 Å². The van der Waals surface area contributed by atoms with Gasteiger partial charge >= 0.3 is 44.4 Å². The predicted octanol–water partition coefficient (Wildman–Crippen LogP) is -6.45. The molecule has 0 heterocycles. The fourth-order valence-corrected chi connectivity index (χ4v) is 0. The maximum atomic E-state index is 8.89. The van der Waals surface area contributed by atoms with Crippen LogP contribution in [0.15, 0.2) is 0 Å². The van der Waals surface area contributed by atoms with E-state index in [9.17, 15) is 0 Å². The van der Waals surface area contributed by atoms with E-state index in [0.717, 1.165) is 27.7 Å². The molecule has 0 aliphatic heterocycles. The second-order valence-electron chi connectivity index (χ2n) is 2.54. The van der Waals surface area contributed by atoms with E-state index in [-0.39, 0.29) is 44.4 Å². The summed E-state index contributed by atoms with van der Waals surface area (Å²) >= 11 is 0. The van der Waals surface area contributed by atoms with Gasteiger partial charge in [-0.1, -0.05) is 0 Å². The van der Waals surface area contributed by atoms with Gasteiger partial charge in [0.1, 0.15) is 0 Å². The first-order chi connectivity index (χ1) is 8.84. The van der Waals surface area contributed by atoms with Gasteiger partial charge in [0, 0.05) is 37.0 Å². The minimum absolute atomic E-state index is 0. The fraction of sp³-hybridized carbons (Fsp3) is 0.600. The summed E-state index contributed by atoms with van der Waals surface area (Å²) in [6, 6.07) is 0. The van der Waals surface area contributed by atoms with E-state index in [1.165, 1.54) is 0 Å². The van der Waals surface area contributed by atoms with Gasteiger partial charge in [0.2, 0.25) is 0 Å². The molecule has 0 aromatic rings. The number of carbonyl (C=O) groups is 4. The van der Waals surface area contributed by atoms with Gasteiger partial charge < -0.3 is 51.1 Å². The van der Waals surface area contributed by atoms with E-state index in [1.54, 1.807) is 0 Å². The third-order valence-electron chi connectivity index (χ3n) is 0.167. The summed E-state index contributed by atoms with van der Waals surface area (Å²) < 4.78 is 0. The summed E-state index contributed by atoms with van der Waals surface area (Å²) in [6.45, 7) is 5.08. The van der Waals surface area contributed by atoms with Crippen LogP contribution in [-0.2, 0) is 36.2 Å². The fourth-order valence-electron chi connectivity index (χ4n) is 0. The van der Waals surface area contributed by atoms with Crippen molar-refractivity contribution in [3.63, 3.8) is 0 Å². The second kappa shape index (κ2) is 42.7. The van der Waals surface area contributed by atoms with Crippen LogP contribution in [0.5, 0.6) is 0 Å². The van der Waals surface area contributed by atoms with Crippen molar-refractivity contribution in [1.29, 1.82) is 0 Å². The molecular formula is C10H20CuN2O8Pb. The first-order valence-electron chi connectivity index (χ1n) is 4.95. The first-order valence-corrected chi connectivity index (χ1v) is 4.95. The molecule has 0 spiro atoms. The molecule has 0 unspecified atom stereocenters. The minimum Gasteiger partial charge on any atom is -0.550 e. The van der Waals surface area contributed by atoms with Crippen LogP contribution in [0.2, 0.25) is 0 Å². The molecule has 12 heteroatoms. The number of carboxylic acid groups (broad SMARTS) is 4. The summed E-state index contributed by atoms with van der Waals surface area (Å²) in [6.07, 6.45) is 0. The van der Waals surface area contributed by atoms with Crippen LogP contribution in [0.3, 0.4) is 0 Å². The molecule has 0 aliphatic rings. The van der Waals surface area contributed by atoms with E-state index in [4.69, 9.17) is 51.1 Å². The second-order valence-corrected chi connectivity index (χ2v) is 2.54. The third-order valence-corrected chi connectivity index (χ3v) is 0.167.